The van der Waals surface area contributed by atoms with E-state index in [1.807, 2.05) is 19.9 Å². The first-order valence-corrected chi connectivity index (χ1v) is 11.3. The van der Waals surface area contributed by atoms with Gasteiger partial charge in [0.25, 0.3) is 0 Å². The molecule has 28 heavy (non-hydrogen) atoms. The van der Waals surface area contributed by atoms with Gasteiger partial charge in [0.05, 0.1) is 7.11 Å². The number of sulfonamides is 1. The third-order valence-corrected chi connectivity index (χ3v) is 7.03. The second kappa shape index (κ2) is 9.07. The van der Waals surface area contributed by atoms with Crippen LogP contribution in [0.5, 0.6) is 5.75 Å². The van der Waals surface area contributed by atoms with Crippen molar-refractivity contribution in [3.05, 3.63) is 59.2 Å². The molecule has 1 aliphatic rings. The lowest BCUT2D eigenvalue weighted by Crippen LogP contribution is -2.38. The lowest BCUT2D eigenvalue weighted by Gasteiger charge is -2.32. The Morgan fingerprint density at radius 1 is 1.07 bits per heavy atom. The van der Waals surface area contributed by atoms with Gasteiger partial charge in [0, 0.05) is 13.1 Å². The smallest absolute Gasteiger partial charge is 0.244 e. The van der Waals surface area contributed by atoms with Crippen LogP contribution in [-0.2, 0) is 16.6 Å². The number of hydrogen-bond donors (Lipinski definition) is 1. The van der Waals surface area contributed by atoms with Gasteiger partial charge in [-0.1, -0.05) is 30.3 Å². The van der Waals surface area contributed by atoms with E-state index in [1.165, 1.54) is 12.7 Å². The van der Waals surface area contributed by atoms with E-state index in [9.17, 15) is 8.42 Å². The number of benzene rings is 2. The van der Waals surface area contributed by atoms with Crippen molar-refractivity contribution in [2.45, 2.75) is 38.1 Å². The quantitative estimate of drug-likeness (QED) is 0.770. The highest BCUT2D eigenvalue weighted by Gasteiger charge is 2.24. The van der Waals surface area contributed by atoms with E-state index in [2.05, 4.69) is 33.9 Å². The molecule has 0 amide bonds. The standard InChI is InChI=1S/C22H30N2O3S/c1-17-13-21(27-3)22(14-18(17)2)28(25,26)23-15-19-9-11-24(12-10-19)16-20-7-5-4-6-8-20/h4-8,13-14,19,23H,9-12,15-16H2,1-3H3. The monoisotopic (exact) mass is 402 g/mol. The summed E-state index contributed by atoms with van der Waals surface area (Å²) in [7, 11) is -2.09. The van der Waals surface area contributed by atoms with Crippen molar-refractivity contribution in [1.29, 1.82) is 0 Å². The van der Waals surface area contributed by atoms with Gasteiger partial charge in [0.1, 0.15) is 10.6 Å². The molecule has 1 fully saturated rings. The molecular formula is C22H30N2O3S. The minimum absolute atomic E-state index is 0.222. The topological polar surface area (TPSA) is 58.6 Å². The Morgan fingerprint density at radius 2 is 1.71 bits per heavy atom. The number of methoxy groups -OCH3 is 1. The summed E-state index contributed by atoms with van der Waals surface area (Å²) >= 11 is 0. The van der Waals surface area contributed by atoms with Gasteiger partial charge in [-0.25, -0.2) is 13.1 Å². The van der Waals surface area contributed by atoms with Gasteiger partial charge in [-0.15, -0.1) is 0 Å². The Bertz CT molecular complexity index is 889. The third-order valence-electron chi connectivity index (χ3n) is 5.59. The Kier molecular flexibility index (Phi) is 6.75. The van der Waals surface area contributed by atoms with Crippen LogP contribution in [0.15, 0.2) is 47.4 Å². The molecule has 1 saturated heterocycles. The molecule has 152 valence electrons. The van der Waals surface area contributed by atoms with Gasteiger partial charge in [-0.05, 0) is 74.5 Å². The van der Waals surface area contributed by atoms with Crippen molar-refractivity contribution in [3.63, 3.8) is 0 Å². The van der Waals surface area contributed by atoms with E-state index in [-0.39, 0.29) is 4.90 Å². The second-order valence-electron chi connectivity index (χ2n) is 7.64. The highest BCUT2D eigenvalue weighted by atomic mass is 32.2. The third kappa shape index (κ3) is 5.13. The molecule has 0 bridgehead atoms. The lowest BCUT2D eigenvalue weighted by molar-refractivity contribution is 0.178. The van der Waals surface area contributed by atoms with E-state index in [0.717, 1.165) is 43.6 Å². The van der Waals surface area contributed by atoms with E-state index >= 15 is 0 Å². The fourth-order valence-corrected chi connectivity index (χ4v) is 4.98. The number of piperidine rings is 1. The number of ether oxygens (including phenoxy) is 1. The van der Waals surface area contributed by atoms with Gasteiger partial charge < -0.3 is 4.74 Å². The SMILES string of the molecule is COc1cc(C)c(C)cc1S(=O)(=O)NCC1CCN(Cc2ccccc2)CC1. The molecule has 1 N–H and O–H groups in total. The second-order valence-corrected chi connectivity index (χ2v) is 9.38. The van der Waals surface area contributed by atoms with E-state index in [1.54, 1.807) is 12.1 Å². The number of aryl methyl sites for hydroxylation is 2. The van der Waals surface area contributed by atoms with Crippen molar-refractivity contribution in [2.24, 2.45) is 5.92 Å². The van der Waals surface area contributed by atoms with Gasteiger partial charge in [0.15, 0.2) is 0 Å². The van der Waals surface area contributed by atoms with Crippen molar-refractivity contribution in [1.82, 2.24) is 9.62 Å². The molecule has 0 aromatic heterocycles. The average Bonchev–Trinajstić information content (AvgIpc) is 2.70. The van der Waals surface area contributed by atoms with Crippen LogP contribution in [-0.4, -0.2) is 40.1 Å². The van der Waals surface area contributed by atoms with Gasteiger partial charge in [0.2, 0.25) is 10.0 Å². The fraction of sp³-hybridized carbons (Fsp3) is 0.455. The number of likely N-dealkylation sites (tertiary alicyclic amines) is 1. The van der Waals surface area contributed by atoms with Crippen LogP contribution in [0.25, 0.3) is 0 Å². The van der Waals surface area contributed by atoms with Crippen LogP contribution in [0.1, 0.15) is 29.5 Å². The Hall–Kier alpha value is -1.89. The molecule has 2 aromatic rings. The first-order chi connectivity index (χ1) is 13.4. The molecule has 0 saturated carbocycles. The maximum Gasteiger partial charge on any atom is 0.244 e. The molecule has 2 aromatic carbocycles. The van der Waals surface area contributed by atoms with Crippen molar-refractivity contribution in [2.75, 3.05) is 26.7 Å². The maximum atomic E-state index is 12.8. The summed E-state index contributed by atoms with van der Waals surface area (Å²) in [6.07, 6.45) is 2.00. The minimum atomic E-state index is -3.59. The van der Waals surface area contributed by atoms with Crippen LogP contribution in [0.3, 0.4) is 0 Å². The summed E-state index contributed by atoms with van der Waals surface area (Å²) in [5.41, 5.74) is 3.28. The Labute approximate surface area is 168 Å². The van der Waals surface area contributed by atoms with Crippen LogP contribution in [0.2, 0.25) is 0 Å². The summed E-state index contributed by atoms with van der Waals surface area (Å²) in [5.74, 6) is 0.757. The zero-order chi connectivity index (χ0) is 20.1. The zero-order valence-corrected chi connectivity index (χ0v) is 17.8. The summed E-state index contributed by atoms with van der Waals surface area (Å²) in [5, 5.41) is 0. The van der Waals surface area contributed by atoms with Gasteiger partial charge in [-0.2, -0.15) is 0 Å². The van der Waals surface area contributed by atoms with Crippen molar-refractivity contribution < 1.29 is 13.2 Å². The van der Waals surface area contributed by atoms with Crippen molar-refractivity contribution in [3.8, 4) is 5.75 Å². The molecule has 1 aliphatic heterocycles. The normalized spacial score (nSPS) is 16.2. The summed E-state index contributed by atoms with van der Waals surface area (Å²) in [6, 6.07) is 13.9. The summed E-state index contributed by atoms with van der Waals surface area (Å²) in [6.45, 7) is 7.28. The van der Waals surface area contributed by atoms with Crippen LogP contribution in [0.4, 0.5) is 0 Å². The highest BCUT2D eigenvalue weighted by molar-refractivity contribution is 7.89. The van der Waals surface area contributed by atoms with Crippen molar-refractivity contribution >= 4 is 10.0 Å². The Morgan fingerprint density at radius 3 is 2.36 bits per heavy atom. The first kappa shape index (κ1) is 20.8. The predicted molar refractivity (Wildman–Crippen MR) is 112 cm³/mol. The number of hydrogen-bond acceptors (Lipinski definition) is 4. The number of rotatable bonds is 7. The summed E-state index contributed by atoms with van der Waals surface area (Å²) in [4.78, 5) is 2.66. The van der Waals surface area contributed by atoms with E-state index < -0.39 is 10.0 Å². The molecule has 1 heterocycles. The lowest BCUT2D eigenvalue weighted by atomic mass is 9.97. The fourth-order valence-electron chi connectivity index (χ4n) is 3.63. The maximum absolute atomic E-state index is 12.8. The molecular weight excluding hydrogens is 372 g/mol. The van der Waals surface area contributed by atoms with Crippen LogP contribution >= 0.6 is 0 Å². The van der Waals surface area contributed by atoms with Crippen LogP contribution < -0.4 is 9.46 Å². The molecule has 3 rings (SSSR count). The van der Waals surface area contributed by atoms with Gasteiger partial charge in [-0.3, -0.25) is 4.90 Å². The minimum Gasteiger partial charge on any atom is -0.495 e. The summed E-state index contributed by atoms with van der Waals surface area (Å²) < 4.78 is 33.8. The van der Waals surface area contributed by atoms with Crippen LogP contribution in [0, 0.1) is 19.8 Å². The zero-order valence-electron chi connectivity index (χ0n) is 16.9. The van der Waals surface area contributed by atoms with E-state index in [4.69, 9.17) is 4.74 Å². The molecule has 0 spiro atoms. The predicted octanol–water partition coefficient (Wildman–Crippen LogP) is 3.50. The molecule has 0 radical (unpaired) electrons. The molecule has 0 aliphatic carbocycles. The molecule has 6 heteroatoms. The molecule has 0 atom stereocenters. The first-order valence-electron chi connectivity index (χ1n) is 9.80. The molecule has 0 unspecified atom stereocenters. The van der Waals surface area contributed by atoms with E-state index in [0.29, 0.717) is 18.2 Å². The number of nitrogens with one attached hydrogen (secondary N) is 1. The average molecular weight is 403 g/mol. The highest BCUT2D eigenvalue weighted by Crippen LogP contribution is 2.27. The van der Waals surface area contributed by atoms with Gasteiger partial charge >= 0.3 is 0 Å². The number of nitrogens with zero attached hydrogens (tertiary/aromatic N) is 1. The Balaban J connectivity index is 1.55. The largest absolute Gasteiger partial charge is 0.495 e. The molecule has 5 nitrogen and oxygen atoms in total.